The first-order valence-corrected chi connectivity index (χ1v) is 13.0. The molecule has 3 aromatic rings. The van der Waals surface area contributed by atoms with Crippen molar-refractivity contribution in [3.63, 3.8) is 0 Å². The monoisotopic (exact) mass is 535 g/mol. The van der Waals surface area contributed by atoms with Crippen molar-refractivity contribution in [3.8, 4) is 0 Å². The van der Waals surface area contributed by atoms with Gasteiger partial charge in [0, 0.05) is 40.7 Å². The average molecular weight is 536 g/mol. The number of amides is 1. The molecule has 2 N–H and O–H groups in total. The first kappa shape index (κ1) is 26.3. The summed E-state index contributed by atoms with van der Waals surface area (Å²) >= 11 is 5.97. The highest BCUT2D eigenvalue weighted by atomic mass is 35.5. The topological polar surface area (TPSA) is 79.4 Å². The largest absolute Gasteiger partial charge is 0.380 e. The molecule has 1 amide bonds. The molecule has 2 aromatic carbocycles. The van der Waals surface area contributed by atoms with E-state index in [2.05, 4.69) is 39.7 Å². The van der Waals surface area contributed by atoms with Crippen molar-refractivity contribution >= 4 is 45.6 Å². The quantitative estimate of drug-likeness (QED) is 0.261. The molecule has 38 heavy (non-hydrogen) atoms. The number of carbonyl (C=O) groups excluding carboxylic acids is 1. The van der Waals surface area contributed by atoms with Gasteiger partial charge < -0.3 is 20.3 Å². The number of carbonyl (C=O) groups is 1. The third kappa shape index (κ3) is 5.72. The van der Waals surface area contributed by atoms with Gasteiger partial charge in [-0.1, -0.05) is 36.8 Å². The first-order chi connectivity index (χ1) is 18.2. The van der Waals surface area contributed by atoms with Crippen LogP contribution in [0.25, 0.3) is 10.9 Å². The molecule has 7 nitrogen and oxygen atoms in total. The van der Waals surface area contributed by atoms with Crippen LogP contribution < -0.4 is 10.6 Å². The number of likely N-dealkylation sites (N-methyl/N-ethyl adjacent to an activating group) is 1. The molecule has 3 atom stereocenters. The number of allylic oxidation sites excluding steroid dienone is 1. The summed E-state index contributed by atoms with van der Waals surface area (Å²) in [6.45, 7) is 4.38. The lowest BCUT2D eigenvalue weighted by Gasteiger charge is -2.17. The van der Waals surface area contributed by atoms with Crippen molar-refractivity contribution in [1.82, 2.24) is 14.9 Å². The Morgan fingerprint density at radius 2 is 2.16 bits per heavy atom. The summed E-state index contributed by atoms with van der Waals surface area (Å²) < 4.78 is 19.3. The second-order valence-corrected chi connectivity index (χ2v) is 10.8. The number of ether oxygens (including phenoxy) is 1. The average Bonchev–Trinajstić information content (AvgIpc) is 3.43. The van der Waals surface area contributed by atoms with Gasteiger partial charge in [-0.25, -0.2) is 14.4 Å². The second-order valence-electron chi connectivity index (χ2n) is 10.4. The van der Waals surface area contributed by atoms with Crippen LogP contribution in [0, 0.1) is 17.2 Å². The fraction of sp³-hybridized carbons (Fsp3) is 0.345. The number of hydrogen-bond donors (Lipinski definition) is 2. The maximum Gasteiger partial charge on any atom is 0.248 e. The third-order valence-corrected chi connectivity index (χ3v) is 7.45. The summed E-state index contributed by atoms with van der Waals surface area (Å²) in [6.07, 6.45) is 10.5. The maximum atomic E-state index is 13.7. The third-order valence-electron chi connectivity index (χ3n) is 7.16. The standard InChI is InChI=1S/C29H31ClFN5O2/c1-18(8-9-29-14-19(29)15-38-16-29)21-12-25-22(13-26(21)35-27(37)5-4-10-36(2)3)28(33-17-32-25)34-20-6-7-24(31)23(30)11-20/h4-9,11-13,17-19H,10,14-16H2,1-3H3,(H,35,37)(H,32,33,34)/b5-4+,9-8+. The van der Waals surface area contributed by atoms with Crippen LogP contribution in [0.5, 0.6) is 0 Å². The van der Waals surface area contributed by atoms with Gasteiger partial charge in [0.1, 0.15) is 18.0 Å². The first-order valence-electron chi connectivity index (χ1n) is 12.6. The molecule has 3 unspecified atom stereocenters. The van der Waals surface area contributed by atoms with Gasteiger partial charge in [0.05, 0.1) is 23.8 Å². The number of nitrogens with zero attached hydrogens (tertiary/aromatic N) is 3. The summed E-state index contributed by atoms with van der Waals surface area (Å²) in [5.74, 6) is 0.452. The molecule has 2 fully saturated rings. The molecule has 198 valence electrons. The second kappa shape index (κ2) is 10.8. The maximum absolute atomic E-state index is 13.7. The van der Waals surface area contributed by atoms with E-state index >= 15 is 0 Å². The van der Waals surface area contributed by atoms with E-state index in [0.29, 0.717) is 35.0 Å². The number of halogens is 2. The van der Waals surface area contributed by atoms with Gasteiger partial charge in [-0.05, 0) is 62.3 Å². The summed E-state index contributed by atoms with van der Waals surface area (Å²) in [4.78, 5) is 23.7. The van der Waals surface area contributed by atoms with E-state index in [9.17, 15) is 9.18 Å². The highest BCUT2D eigenvalue weighted by molar-refractivity contribution is 6.31. The fourth-order valence-electron chi connectivity index (χ4n) is 4.84. The van der Waals surface area contributed by atoms with Gasteiger partial charge in [0.2, 0.25) is 5.91 Å². The van der Waals surface area contributed by atoms with E-state index in [0.717, 1.165) is 24.3 Å². The van der Waals surface area contributed by atoms with Gasteiger partial charge in [0.25, 0.3) is 0 Å². The summed E-state index contributed by atoms with van der Waals surface area (Å²) in [5.41, 5.74) is 3.10. The van der Waals surface area contributed by atoms with Crippen LogP contribution in [-0.4, -0.2) is 54.6 Å². The Balaban J connectivity index is 1.49. The lowest BCUT2D eigenvalue weighted by atomic mass is 9.94. The van der Waals surface area contributed by atoms with Crippen LogP contribution in [0.3, 0.4) is 0 Å². The number of hydrogen-bond acceptors (Lipinski definition) is 6. The van der Waals surface area contributed by atoms with E-state index < -0.39 is 5.82 Å². The molecule has 0 bridgehead atoms. The number of fused-ring (bicyclic) bond motifs is 2. The number of nitrogens with one attached hydrogen (secondary N) is 2. The molecule has 2 heterocycles. The minimum Gasteiger partial charge on any atom is -0.380 e. The van der Waals surface area contributed by atoms with E-state index in [1.54, 1.807) is 12.1 Å². The Kier molecular flexibility index (Phi) is 7.47. The van der Waals surface area contributed by atoms with Crippen LogP contribution in [0.1, 0.15) is 24.8 Å². The smallest absolute Gasteiger partial charge is 0.248 e. The van der Waals surface area contributed by atoms with Crippen molar-refractivity contribution in [2.45, 2.75) is 19.3 Å². The Labute approximate surface area is 226 Å². The fourth-order valence-corrected chi connectivity index (χ4v) is 5.02. The van der Waals surface area contributed by atoms with Gasteiger partial charge in [0.15, 0.2) is 0 Å². The number of anilines is 3. The molecular weight excluding hydrogens is 505 g/mol. The molecule has 0 radical (unpaired) electrons. The lowest BCUT2D eigenvalue weighted by Crippen LogP contribution is -2.14. The van der Waals surface area contributed by atoms with Crippen molar-refractivity contribution in [2.24, 2.45) is 11.3 Å². The van der Waals surface area contributed by atoms with E-state index in [-0.39, 0.29) is 22.3 Å². The van der Waals surface area contributed by atoms with Crippen molar-refractivity contribution in [2.75, 3.05) is 44.5 Å². The number of rotatable bonds is 9. The molecule has 1 saturated heterocycles. The highest BCUT2D eigenvalue weighted by Gasteiger charge is 2.56. The zero-order chi connectivity index (χ0) is 26.9. The van der Waals surface area contributed by atoms with E-state index in [4.69, 9.17) is 16.3 Å². The minimum absolute atomic E-state index is 0.0127. The summed E-state index contributed by atoms with van der Waals surface area (Å²) in [7, 11) is 3.89. The van der Waals surface area contributed by atoms with Crippen LogP contribution in [-0.2, 0) is 9.53 Å². The van der Waals surface area contributed by atoms with E-state index in [1.807, 2.05) is 37.2 Å². The molecule has 1 aliphatic heterocycles. The van der Waals surface area contributed by atoms with Crippen LogP contribution in [0.4, 0.5) is 21.6 Å². The molecule has 0 spiro atoms. The Morgan fingerprint density at radius 1 is 1.32 bits per heavy atom. The normalized spacial score (nSPS) is 21.4. The lowest BCUT2D eigenvalue weighted by molar-refractivity contribution is -0.111. The molecule has 5 rings (SSSR count). The number of benzene rings is 2. The summed E-state index contributed by atoms with van der Waals surface area (Å²) in [5, 5.41) is 6.98. The van der Waals surface area contributed by atoms with Crippen LogP contribution >= 0.6 is 11.6 Å². The highest BCUT2D eigenvalue weighted by Crippen LogP contribution is 2.58. The molecule has 9 heteroatoms. The molecule has 1 aromatic heterocycles. The Bertz CT molecular complexity index is 1430. The SMILES string of the molecule is CC(/C=C/C12COCC1C2)c1cc2ncnc(Nc3ccc(F)c(Cl)c3)c2cc1NC(=O)/C=C/CN(C)C. The van der Waals surface area contributed by atoms with Crippen molar-refractivity contribution < 1.29 is 13.9 Å². The van der Waals surface area contributed by atoms with Gasteiger partial charge in [-0.15, -0.1) is 0 Å². The van der Waals surface area contributed by atoms with Gasteiger partial charge in [-0.3, -0.25) is 4.79 Å². The predicted octanol–water partition coefficient (Wildman–Crippen LogP) is 5.92. The van der Waals surface area contributed by atoms with Gasteiger partial charge >= 0.3 is 0 Å². The Hall–Kier alpha value is -3.33. The molecule has 2 aliphatic rings. The zero-order valence-corrected chi connectivity index (χ0v) is 22.4. The Morgan fingerprint density at radius 3 is 2.87 bits per heavy atom. The van der Waals surface area contributed by atoms with Crippen molar-refractivity contribution in [1.29, 1.82) is 0 Å². The number of aromatic nitrogens is 2. The van der Waals surface area contributed by atoms with Crippen molar-refractivity contribution in [3.05, 3.63) is 77.4 Å². The van der Waals surface area contributed by atoms with Crippen LogP contribution in [0.2, 0.25) is 5.02 Å². The van der Waals surface area contributed by atoms with Crippen LogP contribution in [0.15, 0.2) is 61.0 Å². The molecule has 1 saturated carbocycles. The van der Waals surface area contributed by atoms with E-state index in [1.165, 1.54) is 24.9 Å². The minimum atomic E-state index is -0.495. The van der Waals surface area contributed by atoms with Gasteiger partial charge in [-0.2, -0.15) is 0 Å². The zero-order valence-electron chi connectivity index (χ0n) is 21.7. The predicted molar refractivity (Wildman–Crippen MR) is 149 cm³/mol. The molecule has 1 aliphatic carbocycles. The summed E-state index contributed by atoms with van der Waals surface area (Å²) in [6, 6.07) is 8.26. The molecular formula is C29H31ClFN5O2.